The first-order valence-electron chi connectivity index (χ1n) is 7.60. The maximum absolute atomic E-state index is 13.0. The zero-order valence-electron chi connectivity index (χ0n) is 13.5. The van der Waals surface area contributed by atoms with Gasteiger partial charge in [-0.25, -0.2) is 4.98 Å². The summed E-state index contributed by atoms with van der Waals surface area (Å²) in [5.74, 6) is 0.765. The molecule has 5 heteroatoms. The predicted molar refractivity (Wildman–Crippen MR) is 103 cm³/mol. The van der Waals surface area contributed by atoms with Gasteiger partial charge in [0, 0.05) is 10.8 Å². The summed E-state index contributed by atoms with van der Waals surface area (Å²) in [7, 11) is 0. The van der Waals surface area contributed by atoms with E-state index in [1.807, 2.05) is 30.3 Å². The van der Waals surface area contributed by atoms with Gasteiger partial charge in [-0.2, -0.15) is 0 Å². The third kappa shape index (κ3) is 3.55. The van der Waals surface area contributed by atoms with Gasteiger partial charge in [0.05, 0.1) is 16.6 Å². The van der Waals surface area contributed by atoms with E-state index in [0.717, 1.165) is 11.4 Å². The number of thioether (sulfide) groups is 1. The predicted octanol–water partition coefficient (Wildman–Crippen LogP) is 5.10. The van der Waals surface area contributed by atoms with Crippen LogP contribution < -0.4 is 5.56 Å². The van der Waals surface area contributed by atoms with E-state index in [4.69, 9.17) is 11.6 Å². The molecule has 24 heavy (non-hydrogen) atoms. The molecule has 0 aliphatic heterocycles. The van der Waals surface area contributed by atoms with E-state index < -0.39 is 0 Å². The SMILES string of the molecule is CC(C)=CCSc1nc2ccc(Cl)cc2c(=O)n1-c1ccccc1. The van der Waals surface area contributed by atoms with Gasteiger partial charge in [-0.15, -0.1) is 0 Å². The van der Waals surface area contributed by atoms with Crippen LogP contribution in [0.15, 0.2) is 70.1 Å². The number of nitrogens with zero attached hydrogens (tertiary/aromatic N) is 2. The van der Waals surface area contributed by atoms with E-state index in [0.29, 0.717) is 21.1 Å². The van der Waals surface area contributed by atoms with Crippen LogP contribution in [-0.4, -0.2) is 15.3 Å². The van der Waals surface area contributed by atoms with Crippen LogP contribution in [0.25, 0.3) is 16.6 Å². The molecule has 0 aliphatic rings. The molecule has 0 N–H and O–H groups in total. The van der Waals surface area contributed by atoms with Crippen molar-refractivity contribution in [3.8, 4) is 5.69 Å². The quantitative estimate of drug-likeness (QED) is 0.370. The number of hydrogen-bond acceptors (Lipinski definition) is 3. The highest BCUT2D eigenvalue weighted by molar-refractivity contribution is 7.99. The van der Waals surface area contributed by atoms with E-state index in [2.05, 4.69) is 24.9 Å². The number of para-hydroxylation sites is 1. The summed E-state index contributed by atoms with van der Waals surface area (Å²) in [6, 6.07) is 14.8. The molecule has 3 nitrogen and oxygen atoms in total. The van der Waals surface area contributed by atoms with Crippen molar-refractivity contribution < 1.29 is 0 Å². The van der Waals surface area contributed by atoms with Crippen molar-refractivity contribution >= 4 is 34.3 Å². The van der Waals surface area contributed by atoms with Gasteiger partial charge in [-0.1, -0.05) is 53.2 Å². The molecule has 1 heterocycles. The van der Waals surface area contributed by atoms with E-state index in [-0.39, 0.29) is 5.56 Å². The standard InChI is InChI=1S/C19H17ClN2OS/c1-13(2)10-11-24-19-21-17-9-8-14(20)12-16(17)18(23)22(19)15-6-4-3-5-7-15/h3-10,12H,11H2,1-2H3. The normalized spacial score (nSPS) is 10.8. The highest BCUT2D eigenvalue weighted by Crippen LogP contribution is 2.23. The summed E-state index contributed by atoms with van der Waals surface area (Å²) in [5.41, 5.74) is 2.60. The topological polar surface area (TPSA) is 34.9 Å². The number of aromatic nitrogens is 2. The molecule has 0 radical (unpaired) electrons. The van der Waals surface area contributed by atoms with Gasteiger partial charge in [0.15, 0.2) is 5.16 Å². The Hall–Kier alpha value is -2.04. The fraction of sp³-hybridized carbons (Fsp3) is 0.158. The Labute approximate surface area is 150 Å². The Morgan fingerprint density at radius 1 is 1.21 bits per heavy atom. The first kappa shape index (κ1) is 16.8. The lowest BCUT2D eigenvalue weighted by atomic mass is 10.2. The minimum absolute atomic E-state index is 0.103. The molecule has 0 bridgehead atoms. The fourth-order valence-corrected chi connectivity index (χ4v) is 3.54. The third-order valence-electron chi connectivity index (χ3n) is 3.52. The molecule has 0 amide bonds. The molecule has 3 rings (SSSR count). The zero-order valence-corrected chi connectivity index (χ0v) is 15.1. The van der Waals surface area contributed by atoms with Crippen LogP contribution in [0.4, 0.5) is 0 Å². The van der Waals surface area contributed by atoms with Crippen LogP contribution in [0.1, 0.15) is 13.8 Å². The summed E-state index contributed by atoms with van der Waals surface area (Å²) >= 11 is 7.60. The molecule has 1 aromatic heterocycles. The number of benzene rings is 2. The lowest BCUT2D eigenvalue weighted by Gasteiger charge is -2.12. The van der Waals surface area contributed by atoms with Gasteiger partial charge in [0.25, 0.3) is 5.56 Å². The zero-order chi connectivity index (χ0) is 17.1. The molecule has 0 aliphatic carbocycles. The molecular formula is C19H17ClN2OS. The van der Waals surface area contributed by atoms with Gasteiger partial charge < -0.3 is 0 Å². The summed E-state index contributed by atoms with van der Waals surface area (Å²) in [4.78, 5) is 17.7. The average molecular weight is 357 g/mol. The Morgan fingerprint density at radius 3 is 2.67 bits per heavy atom. The van der Waals surface area contributed by atoms with Crippen LogP contribution in [0.5, 0.6) is 0 Å². The molecular weight excluding hydrogens is 340 g/mol. The first-order chi connectivity index (χ1) is 11.6. The number of fused-ring (bicyclic) bond motifs is 1. The van der Waals surface area contributed by atoms with Crippen molar-refractivity contribution in [2.24, 2.45) is 0 Å². The minimum atomic E-state index is -0.103. The molecule has 0 saturated carbocycles. The monoisotopic (exact) mass is 356 g/mol. The van der Waals surface area contributed by atoms with E-state index in [1.54, 1.807) is 34.5 Å². The average Bonchev–Trinajstić information content (AvgIpc) is 2.56. The Balaban J connectivity index is 2.22. The maximum Gasteiger partial charge on any atom is 0.266 e. The van der Waals surface area contributed by atoms with Crippen LogP contribution in [0.3, 0.4) is 0 Å². The second-order valence-electron chi connectivity index (χ2n) is 5.62. The highest BCUT2D eigenvalue weighted by Gasteiger charge is 2.13. The van der Waals surface area contributed by atoms with E-state index in [9.17, 15) is 4.79 Å². The van der Waals surface area contributed by atoms with Gasteiger partial charge in [-0.05, 0) is 44.2 Å². The summed E-state index contributed by atoms with van der Waals surface area (Å²) in [6.45, 7) is 4.11. The van der Waals surface area contributed by atoms with Crippen LogP contribution >= 0.6 is 23.4 Å². The second kappa shape index (κ2) is 7.24. The molecule has 0 spiro atoms. The summed E-state index contributed by atoms with van der Waals surface area (Å²) < 4.78 is 1.65. The molecule has 2 aromatic carbocycles. The van der Waals surface area contributed by atoms with Crippen molar-refractivity contribution in [3.63, 3.8) is 0 Å². The molecule has 0 unspecified atom stereocenters. The van der Waals surface area contributed by atoms with Gasteiger partial charge in [0.2, 0.25) is 0 Å². The third-order valence-corrected chi connectivity index (χ3v) is 4.62. The molecule has 3 aromatic rings. The molecule has 0 fully saturated rings. The smallest absolute Gasteiger partial charge is 0.266 e. The Kier molecular flexibility index (Phi) is 5.07. The van der Waals surface area contributed by atoms with Crippen molar-refractivity contribution in [1.29, 1.82) is 0 Å². The molecule has 0 saturated heterocycles. The number of rotatable bonds is 4. The van der Waals surface area contributed by atoms with Crippen molar-refractivity contribution in [1.82, 2.24) is 9.55 Å². The largest absolute Gasteiger partial charge is 0.268 e. The first-order valence-corrected chi connectivity index (χ1v) is 8.96. The van der Waals surface area contributed by atoms with E-state index in [1.165, 1.54) is 5.57 Å². The fourth-order valence-electron chi connectivity index (χ4n) is 2.32. The summed E-state index contributed by atoms with van der Waals surface area (Å²) in [6.07, 6.45) is 2.12. The van der Waals surface area contributed by atoms with Crippen molar-refractivity contribution in [2.75, 3.05) is 5.75 Å². The van der Waals surface area contributed by atoms with Crippen LogP contribution in [0.2, 0.25) is 5.02 Å². The minimum Gasteiger partial charge on any atom is -0.268 e. The van der Waals surface area contributed by atoms with Crippen molar-refractivity contribution in [3.05, 3.63) is 75.6 Å². The van der Waals surface area contributed by atoms with Crippen molar-refractivity contribution in [2.45, 2.75) is 19.0 Å². The van der Waals surface area contributed by atoms with Gasteiger partial charge in [0.1, 0.15) is 0 Å². The molecule has 122 valence electrons. The van der Waals surface area contributed by atoms with Crippen LogP contribution in [0, 0.1) is 0 Å². The number of allylic oxidation sites excluding steroid dienone is 1. The number of halogens is 1. The lowest BCUT2D eigenvalue weighted by Crippen LogP contribution is -2.21. The lowest BCUT2D eigenvalue weighted by molar-refractivity contribution is 0.821. The highest BCUT2D eigenvalue weighted by atomic mass is 35.5. The van der Waals surface area contributed by atoms with Gasteiger partial charge in [-0.3, -0.25) is 9.36 Å². The second-order valence-corrected chi connectivity index (χ2v) is 7.05. The Bertz CT molecular complexity index is 960. The summed E-state index contributed by atoms with van der Waals surface area (Å²) in [5, 5.41) is 1.74. The Morgan fingerprint density at radius 2 is 1.96 bits per heavy atom. The maximum atomic E-state index is 13.0. The molecule has 0 atom stereocenters. The van der Waals surface area contributed by atoms with Crippen LogP contribution in [-0.2, 0) is 0 Å². The van der Waals surface area contributed by atoms with E-state index >= 15 is 0 Å². The number of hydrogen-bond donors (Lipinski definition) is 0. The van der Waals surface area contributed by atoms with Gasteiger partial charge >= 0.3 is 0 Å².